The molecule has 1 aliphatic rings. The summed E-state index contributed by atoms with van der Waals surface area (Å²) in [4.78, 5) is 34.1. The minimum Gasteiger partial charge on any atom is -0.463 e. The van der Waals surface area contributed by atoms with Crippen molar-refractivity contribution in [1.82, 2.24) is 0 Å². The van der Waals surface area contributed by atoms with Crippen molar-refractivity contribution in [3.63, 3.8) is 0 Å². The molecule has 0 aromatic heterocycles. The summed E-state index contributed by atoms with van der Waals surface area (Å²) in [6, 6.07) is 8.15. The van der Waals surface area contributed by atoms with Crippen molar-refractivity contribution in [3.8, 4) is 0 Å². The van der Waals surface area contributed by atoms with E-state index in [9.17, 15) is 19.5 Å². The van der Waals surface area contributed by atoms with Crippen molar-refractivity contribution in [2.24, 2.45) is 0 Å². The van der Waals surface area contributed by atoms with Crippen molar-refractivity contribution in [2.45, 2.75) is 38.4 Å². The maximum atomic E-state index is 12.0. The zero-order valence-electron chi connectivity index (χ0n) is 13.2. The smallest absolute Gasteiger partial charge is 0.340 e. The molecule has 0 spiro atoms. The third-order valence-electron chi connectivity index (χ3n) is 3.28. The Labute approximate surface area is 138 Å². The number of hydrogen-bond acceptors (Lipinski definition) is 8. The average Bonchev–Trinajstić information content (AvgIpc) is 2.82. The number of ether oxygens (including phenoxy) is 4. The molecule has 24 heavy (non-hydrogen) atoms. The zero-order chi connectivity index (χ0) is 17.7. The van der Waals surface area contributed by atoms with Gasteiger partial charge in [-0.05, 0) is 12.1 Å². The van der Waals surface area contributed by atoms with Crippen LogP contribution in [0.3, 0.4) is 0 Å². The molecule has 2 rings (SSSR count). The summed E-state index contributed by atoms with van der Waals surface area (Å²) in [6.07, 6.45) is -4.80. The van der Waals surface area contributed by atoms with Crippen LogP contribution in [0.25, 0.3) is 0 Å². The number of aliphatic hydroxyl groups is 1. The molecule has 1 aliphatic heterocycles. The first-order valence-electron chi connectivity index (χ1n) is 7.28. The van der Waals surface area contributed by atoms with Crippen LogP contribution < -0.4 is 0 Å². The third-order valence-corrected chi connectivity index (χ3v) is 3.28. The number of carbonyl (C=O) groups excluding carboxylic acids is 3. The van der Waals surface area contributed by atoms with Gasteiger partial charge in [0.2, 0.25) is 6.29 Å². The second kappa shape index (κ2) is 7.89. The van der Waals surface area contributed by atoms with E-state index >= 15 is 0 Å². The van der Waals surface area contributed by atoms with Crippen molar-refractivity contribution in [2.75, 3.05) is 6.61 Å². The van der Waals surface area contributed by atoms with Crippen LogP contribution in [0.15, 0.2) is 30.3 Å². The summed E-state index contributed by atoms with van der Waals surface area (Å²) in [5, 5.41) is 10.2. The molecule has 1 aromatic carbocycles. The topological polar surface area (TPSA) is 108 Å². The number of hydrogen-bond donors (Lipinski definition) is 1. The van der Waals surface area contributed by atoms with Crippen LogP contribution in [0.1, 0.15) is 24.2 Å². The van der Waals surface area contributed by atoms with Crippen molar-refractivity contribution in [1.29, 1.82) is 0 Å². The molecule has 4 unspecified atom stereocenters. The van der Waals surface area contributed by atoms with Crippen LogP contribution in [0, 0.1) is 0 Å². The fraction of sp³-hybridized carbons (Fsp3) is 0.438. The molecular weight excluding hydrogens is 320 g/mol. The molecule has 1 heterocycles. The minimum absolute atomic E-state index is 0.246. The molecule has 0 saturated carbocycles. The fourth-order valence-corrected chi connectivity index (χ4v) is 2.22. The number of esters is 3. The van der Waals surface area contributed by atoms with Crippen LogP contribution in [0.5, 0.6) is 0 Å². The molecule has 0 bridgehead atoms. The molecule has 1 N–H and O–H groups in total. The summed E-state index contributed by atoms with van der Waals surface area (Å²) in [6.45, 7) is 2.13. The quantitative estimate of drug-likeness (QED) is 0.608. The van der Waals surface area contributed by atoms with E-state index in [4.69, 9.17) is 18.9 Å². The van der Waals surface area contributed by atoms with Crippen molar-refractivity contribution < 1.29 is 38.4 Å². The first-order valence-corrected chi connectivity index (χ1v) is 7.28. The van der Waals surface area contributed by atoms with Crippen LogP contribution in [0.2, 0.25) is 0 Å². The molecule has 1 fully saturated rings. The van der Waals surface area contributed by atoms with E-state index < -0.39 is 42.5 Å². The fourth-order valence-electron chi connectivity index (χ4n) is 2.22. The van der Waals surface area contributed by atoms with Crippen molar-refractivity contribution >= 4 is 17.9 Å². The molecule has 8 heteroatoms. The van der Waals surface area contributed by atoms with Gasteiger partial charge in [-0.25, -0.2) is 4.79 Å². The third kappa shape index (κ3) is 4.53. The Morgan fingerprint density at radius 2 is 1.75 bits per heavy atom. The van der Waals surface area contributed by atoms with Gasteiger partial charge in [-0.1, -0.05) is 18.2 Å². The van der Waals surface area contributed by atoms with Gasteiger partial charge >= 0.3 is 17.9 Å². The van der Waals surface area contributed by atoms with Gasteiger partial charge in [-0.2, -0.15) is 0 Å². The van der Waals surface area contributed by atoms with E-state index in [1.807, 2.05) is 0 Å². The Hall–Kier alpha value is -2.45. The zero-order valence-corrected chi connectivity index (χ0v) is 13.2. The van der Waals surface area contributed by atoms with Gasteiger partial charge in [0.1, 0.15) is 12.7 Å². The largest absolute Gasteiger partial charge is 0.463 e. The highest BCUT2D eigenvalue weighted by Gasteiger charge is 2.48. The molecule has 4 atom stereocenters. The first-order chi connectivity index (χ1) is 11.4. The molecule has 1 aromatic rings. The lowest BCUT2D eigenvalue weighted by Gasteiger charge is -2.19. The van der Waals surface area contributed by atoms with Crippen LogP contribution in [-0.4, -0.2) is 54.2 Å². The SMILES string of the molecule is CC(=O)OCC1OC(OC(=O)c2ccccc2)C(O)C1OC(C)=O. The van der Waals surface area contributed by atoms with E-state index in [0.29, 0.717) is 0 Å². The number of rotatable bonds is 5. The molecule has 8 nitrogen and oxygen atoms in total. The maximum Gasteiger partial charge on any atom is 0.340 e. The number of aliphatic hydroxyl groups excluding tert-OH is 1. The lowest BCUT2D eigenvalue weighted by Crippen LogP contribution is -2.39. The molecule has 0 amide bonds. The summed E-state index contributed by atoms with van der Waals surface area (Å²) < 4.78 is 20.3. The van der Waals surface area contributed by atoms with E-state index in [0.717, 1.165) is 0 Å². The Kier molecular flexibility index (Phi) is 5.88. The first kappa shape index (κ1) is 17.9. The average molecular weight is 338 g/mol. The molecular formula is C16H18O8. The predicted molar refractivity (Wildman–Crippen MR) is 78.7 cm³/mol. The van der Waals surface area contributed by atoms with Gasteiger partial charge in [0.15, 0.2) is 12.2 Å². The Balaban J connectivity index is 2.06. The normalized spacial score (nSPS) is 25.8. The monoisotopic (exact) mass is 338 g/mol. The predicted octanol–water partition coefficient (Wildman–Crippen LogP) is 0.424. The van der Waals surface area contributed by atoms with Crippen LogP contribution in [0.4, 0.5) is 0 Å². The van der Waals surface area contributed by atoms with Crippen molar-refractivity contribution in [3.05, 3.63) is 35.9 Å². The van der Waals surface area contributed by atoms with Gasteiger partial charge in [-0.3, -0.25) is 9.59 Å². The molecule has 130 valence electrons. The van der Waals surface area contributed by atoms with E-state index in [1.165, 1.54) is 13.8 Å². The van der Waals surface area contributed by atoms with E-state index in [1.54, 1.807) is 30.3 Å². The van der Waals surface area contributed by atoms with Crippen LogP contribution >= 0.6 is 0 Å². The molecule has 0 aliphatic carbocycles. The van der Waals surface area contributed by atoms with Gasteiger partial charge in [-0.15, -0.1) is 0 Å². The lowest BCUT2D eigenvalue weighted by molar-refractivity contribution is -0.160. The summed E-state index contributed by atoms with van der Waals surface area (Å²) >= 11 is 0. The van der Waals surface area contributed by atoms with E-state index in [2.05, 4.69) is 0 Å². The Morgan fingerprint density at radius 3 is 2.33 bits per heavy atom. The van der Waals surface area contributed by atoms with E-state index in [-0.39, 0.29) is 12.2 Å². The highest BCUT2D eigenvalue weighted by molar-refractivity contribution is 5.89. The lowest BCUT2D eigenvalue weighted by atomic mass is 10.1. The number of carbonyl (C=O) groups is 3. The second-order valence-corrected chi connectivity index (χ2v) is 5.18. The highest BCUT2D eigenvalue weighted by atomic mass is 16.7. The summed E-state index contributed by atoms with van der Waals surface area (Å²) in [7, 11) is 0. The maximum absolute atomic E-state index is 12.0. The second-order valence-electron chi connectivity index (χ2n) is 5.18. The summed E-state index contributed by atoms with van der Waals surface area (Å²) in [5.74, 6) is -1.90. The molecule has 0 radical (unpaired) electrons. The minimum atomic E-state index is -1.40. The van der Waals surface area contributed by atoms with Gasteiger partial charge in [0.25, 0.3) is 0 Å². The molecule has 1 saturated heterocycles. The summed E-state index contributed by atoms with van der Waals surface area (Å²) in [5.41, 5.74) is 0.278. The highest BCUT2D eigenvalue weighted by Crippen LogP contribution is 2.26. The Bertz CT molecular complexity index is 599. The standard InChI is InChI=1S/C16H18O8/c1-9(17)21-8-12-14(22-10(2)18)13(19)16(23-12)24-15(20)11-6-4-3-5-7-11/h3-7,12-14,16,19H,8H2,1-2H3. The van der Waals surface area contributed by atoms with Gasteiger partial charge in [0.05, 0.1) is 5.56 Å². The van der Waals surface area contributed by atoms with Gasteiger partial charge < -0.3 is 24.1 Å². The van der Waals surface area contributed by atoms with Crippen LogP contribution in [-0.2, 0) is 28.5 Å². The number of benzene rings is 1. The van der Waals surface area contributed by atoms with Gasteiger partial charge in [0, 0.05) is 13.8 Å². The Morgan fingerprint density at radius 1 is 1.08 bits per heavy atom.